The predicted molar refractivity (Wildman–Crippen MR) is 64.6 cm³/mol. The van der Waals surface area contributed by atoms with E-state index in [1.807, 2.05) is 19.9 Å². The van der Waals surface area contributed by atoms with Crippen LogP contribution in [0.25, 0.3) is 0 Å². The van der Waals surface area contributed by atoms with Gasteiger partial charge in [-0.3, -0.25) is 0 Å². The van der Waals surface area contributed by atoms with Gasteiger partial charge >= 0.3 is 0 Å². The lowest BCUT2D eigenvalue weighted by Crippen LogP contribution is -2.32. The summed E-state index contributed by atoms with van der Waals surface area (Å²) in [6.45, 7) is 5.43. The molecular formula is C11H20N4O2. The Labute approximate surface area is 101 Å². The largest absolute Gasteiger partial charge is 0.409 e. The standard InChI is InChI=1S/C11H20N4O2/c1-11(2,10(12)15-16)5-3-6-13-8-9-4-7-14-17-9/h4,7,13,16H,3,5-6,8H2,1-2H3,(H2,12,15). The van der Waals surface area contributed by atoms with Crippen molar-refractivity contribution in [3.8, 4) is 0 Å². The first-order valence-electron chi connectivity index (χ1n) is 5.64. The Morgan fingerprint density at radius 1 is 1.65 bits per heavy atom. The monoisotopic (exact) mass is 240 g/mol. The smallest absolute Gasteiger partial charge is 0.150 e. The van der Waals surface area contributed by atoms with Crippen molar-refractivity contribution in [1.82, 2.24) is 10.5 Å². The molecule has 0 amide bonds. The van der Waals surface area contributed by atoms with E-state index in [0.29, 0.717) is 6.54 Å². The second-order valence-electron chi connectivity index (χ2n) is 4.63. The van der Waals surface area contributed by atoms with Gasteiger partial charge in [-0.2, -0.15) is 0 Å². The maximum atomic E-state index is 8.63. The fraction of sp³-hybridized carbons (Fsp3) is 0.636. The summed E-state index contributed by atoms with van der Waals surface area (Å²) in [6.07, 6.45) is 3.42. The van der Waals surface area contributed by atoms with Crippen molar-refractivity contribution in [2.24, 2.45) is 16.3 Å². The molecule has 0 fully saturated rings. The topological polar surface area (TPSA) is 96.7 Å². The third kappa shape index (κ3) is 4.44. The summed E-state index contributed by atoms with van der Waals surface area (Å²) in [6, 6.07) is 1.83. The van der Waals surface area contributed by atoms with Gasteiger partial charge in [-0.05, 0) is 19.4 Å². The van der Waals surface area contributed by atoms with Gasteiger partial charge in [0.1, 0.15) is 11.6 Å². The van der Waals surface area contributed by atoms with Crippen LogP contribution >= 0.6 is 0 Å². The van der Waals surface area contributed by atoms with Crippen molar-refractivity contribution < 1.29 is 9.73 Å². The van der Waals surface area contributed by atoms with Gasteiger partial charge in [-0.1, -0.05) is 24.2 Å². The van der Waals surface area contributed by atoms with E-state index < -0.39 is 0 Å². The first-order valence-corrected chi connectivity index (χ1v) is 5.64. The number of rotatable bonds is 7. The molecule has 0 radical (unpaired) electrons. The maximum absolute atomic E-state index is 8.63. The predicted octanol–water partition coefficient (Wildman–Crippen LogP) is 1.32. The number of nitrogens with zero attached hydrogens (tertiary/aromatic N) is 2. The summed E-state index contributed by atoms with van der Waals surface area (Å²) in [5, 5.41) is 18.5. The number of aromatic nitrogens is 1. The van der Waals surface area contributed by atoms with Gasteiger partial charge in [-0.15, -0.1) is 0 Å². The second-order valence-corrected chi connectivity index (χ2v) is 4.63. The van der Waals surface area contributed by atoms with E-state index in [2.05, 4.69) is 15.6 Å². The number of nitrogens with one attached hydrogen (secondary N) is 1. The quantitative estimate of drug-likeness (QED) is 0.219. The van der Waals surface area contributed by atoms with Gasteiger partial charge < -0.3 is 20.8 Å². The summed E-state index contributed by atoms with van der Waals surface area (Å²) in [5.41, 5.74) is 5.32. The van der Waals surface area contributed by atoms with E-state index in [-0.39, 0.29) is 11.3 Å². The Bertz CT molecular complexity index is 346. The molecule has 1 heterocycles. The molecule has 0 spiro atoms. The van der Waals surface area contributed by atoms with Crippen LogP contribution in [0.15, 0.2) is 21.9 Å². The third-order valence-corrected chi connectivity index (χ3v) is 2.75. The normalized spacial score (nSPS) is 12.9. The van der Waals surface area contributed by atoms with Crippen LogP contribution in [0, 0.1) is 5.41 Å². The van der Waals surface area contributed by atoms with Crippen LogP contribution in [0.1, 0.15) is 32.4 Å². The van der Waals surface area contributed by atoms with E-state index in [4.69, 9.17) is 15.5 Å². The molecule has 4 N–H and O–H groups in total. The molecule has 0 atom stereocenters. The average molecular weight is 240 g/mol. The summed E-state index contributed by atoms with van der Waals surface area (Å²) in [7, 11) is 0. The highest BCUT2D eigenvalue weighted by atomic mass is 16.5. The fourth-order valence-corrected chi connectivity index (χ4v) is 1.46. The molecule has 0 aliphatic heterocycles. The highest BCUT2D eigenvalue weighted by Gasteiger charge is 2.22. The van der Waals surface area contributed by atoms with E-state index >= 15 is 0 Å². The third-order valence-electron chi connectivity index (χ3n) is 2.75. The summed E-state index contributed by atoms with van der Waals surface area (Å²) < 4.78 is 4.95. The van der Waals surface area contributed by atoms with E-state index in [1.54, 1.807) is 6.20 Å². The molecule has 1 aromatic heterocycles. The average Bonchev–Trinajstić information content (AvgIpc) is 2.80. The lowest BCUT2D eigenvalue weighted by atomic mass is 9.86. The minimum absolute atomic E-state index is 0.271. The van der Waals surface area contributed by atoms with Crippen LogP contribution in [0.3, 0.4) is 0 Å². The molecule has 0 aliphatic carbocycles. The SMILES string of the molecule is CC(C)(CCCNCc1ccno1)C(N)=NO. The molecule has 6 heteroatoms. The summed E-state index contributed by atoms with van der Waals surface area (Å²) >= 11 is 0. The highest BCUT2D eigenvalue weighted by Crippen LogP contribution is 2.21. The van der Waals surface area contributed by atoms with E-state index in [1.165, 1.54) is 0 Å². The first-order chi connectivity index (χ1) is 8.06. The number of oxime groups is 1. The lowest BCUT2D eigenvalue weighted by Gasteiger charge is -2.22. The zero-order valence-electron chi connectivity index (χ0n) is 10.3. The molecule has 0 unspecified atom stereocenters. The van der Waals surface area contributed by atoms with Gasteiger partial charge in [0.05, 0.1) is 12.7 Å². The minimum Gasteiger partial charge on any atom is -0.409 e. The van der Waals surface area contributed by atoms with Gasteiger partial charge in [0.2, 0.25) is 0 Å². The molecule has 17 heavy (non-hydrogen) atoms. The Morgan fingerprint density at radius 3 is 3.00 bits per heavy atom. The highest BCUT2D eigenvalue weighted by molar-refractivity contribution is 5.85. The van der Waals surface area contributed by atoms with Crippen molar-refractivity contribution in [3.05, 3.63) is 18.0 Å². The van der Waals surface area contributed by atoms with Gasteiger partial charge in [0.25, 0.3) is 0 Å². The molecule has 1 aromatic rings. The van der Waals surface area contributed by atoms with Gasteiger partial charge in [0, 0.05) is 11.5 Å². The van der Waals surface area contributed by atoms with Crippen molar-refractivity contribution in [3.63, 3.8) is 0 Å². The van der Waals surface area contributed by atoms with E-state index in [0.717, 1.165) is 25.1 Å². The van der Waals surface area contributed by atoms with Crippen LogP contribution in [-0.2, 0) is 6.54 Å². The van der Waals surface area contributed by atoms with Gasteiger partial charge in [0.15, 0.2) is 0 Å². The second kappa shape index (κ2) is 6.24. The zero-order valence-corrected chi connectivity index (χ0v) is 10.3. The van der Waals surface area contributed by atoms with Crippen molar-refractivity contribution >= 4 is 5.84 Å². The van der Waals surface area contributed by atoms with Crippen LogP contribution in [-0.4, -0.2) is 22.7 Å². The Hall–Kier alpha value is -1.56. The van der Waals surface area contributed by atoms with Crippen molar-refractivity contribution in [2.75, 3.05) is 6.54 Å². The molecule has 0 aliphatic rings. The van der Waals surface area contributed by atoms with Crippen LogP contribution in [0.4, 0.5) is 0 Å². The number of nitrogens with two attached hydrogens (primary N) is 1. The Morgan fingerprint density at radius 2 is 2.41 bits per heavy atom. The summed E-state index contributed by atoms with van der Waals surface area (Å²) in [4.78, 5) is 0. The van der Waals surface area contributed by atoms with Crippen LogP contribution in [0.5, 0.6) is 0 Å². The summed E-state index contributed by atoms with van der Waals surface area (Å²) in [5.74, 6) is 1.09. The van der Waals surface area contributed by atoms with Crippen molar-refractivity contribution in [1.29, 1.82) is 0 Å². The number of hydrogen-bond acceptors (Lipinski definition) is 5. The molecule has 1 rings (SSSR count). The van der Waals surface area contributed by atoms with Crippen LogP contribution < -0.4 is 11.1 Å². The molecule has 0 saturated carbocycles. The van der Waals surface area contributed by atoms with Gasteiger partial charge in [-0.25, -0.2) is 0 Å². The zero-order chi connectivity index (χ0) is 12.7. The lowest BCUT2D eigenvalue weighted by molar-refractivity contribution is 0.304. The fourth-order valence-electron chi connectivity index (χ4n) is 1.46. The molecular weight excluding hydrogens is 220 g/mol. The molecule has 96 valence electrons. The number of hydrogen-bond donors (Lipinski definition) is 3. The molecule has 6 nitrogen and oxygen atoms in total. The Balaban J connectivity index is 2.16. The first kappa shape index (κ1) is 13.5. The minimum atomic E-state index is -0.275. The molecule has 0 saturated heterocycles. The number of amidine groups is 1. The van der Waals surface area contributed by atoms with E-state index in [9.17, 15) is 0 Å². The maximum Gasteiger partial charge on any atom is 0.150 e. The molecule has 0 bridgehead atoms. The van der Waals surface area contributed by atoms with Crippen molar-refractivity contribution in [2.45, 2.75) is 33.2 Å². The van der Waals surface area contributed by atoms with Crippen LogP contribution in [0.2, 0.25) is 0 Å². The Kier molecular flexibility index (Phi) is 4.96. The molecule has 0 aromatic carbocycles.